The van der Waals surface area contributed by atoms with Gasteiger partial charge in [-0.1, -0.05) is 0 Å². The summed E-state index contributed by atoms with van der Waals surface area (Å²) in [6.07, 6.45) is 5.27. The second-order valence-corrected chi connectivity index (χ2v) is 4.43. The number of likely N-dealkylation sites (tertiary alicyclic amines) is 2. The molecule has 15 heavy (non-hydrogen) atoms. The van der Waals surface area contributed by atoms with E-state index >= 15 is 0 Å². The topological polar surface area (TPSA) is 24.9 Å². The molecule has 0 aromatic carbocycles. The lowest BCUT2D eigenvalue weighted by Crippen LogP contribution is -2.27. The fraction of sp³-hybridized carbons (Fsp3) is 1.00. The van der Waals surface area contributed by atoms with Crippen molar-refractivity contribution >= 4 is 7.69 Å². The average molecular weight is 212 g/mol. The lowest BCUT2D eigenvalue weighted by Gasteiger charge is -2.16. The van der Waals surface area contributed by atoms with Crippen LogP contribution in [0.5, 0.6) is 0 Å². The third-order valence-corrected chi connectivity index (χ3v) is 3.11. The van der Waals surface area contributed by atoms with E-state index in [-0.39, 0.29) is 0 Å². The van der Waals surface area contributed by atoms with Crippen molar-refractivity contribution in [2.24, 2.45) is 0 Å². The van der Waals surface area contributed by atoms with Crippen molar-refractivity contribution in [3.63, 3.8) is 0 Å². The molecule has 0 N–H and O–H groups in total. The molecule has 0 aromatic rings. The first-order valence-corrected chi connectivity index (χ1v) is 6.05. The van der Waals surface area contributed by atoms with E-state index in [0.717, 1.165) is 13.5 Å². The quantitative estimate of drug-likeness (QED) is 0.469. The lowest BCUT2D eigenvalue weighted by molar-refractivity contribution is 0.0910. The molecule has 0 atom stereocenters. The number of hydrogen-bond donors (Lipinski definition) is 0. The SMILES string of the molecule is B(OCN1CCCC1)OCN1CCCC1. The van der Waals surface area contributed by atoms with Gasteiger partial charge >= 0.3 is 7.69 Å². The molecule has 0 unspecified atom stereocenters. The molecule has 2 aliphatic heterocycles. The molecule has 0 saturated carbocycles. The van der Waals surface area contributed by atoms with Crippen molar-refractivity contribution in [2.45, 2.75) is 25.7 Å². The summed E-state index contributed by atoms with van der Waals surface area (Å²) in [6.45, 7) is 6.22. The van der Waals surface area contributed by atoms with E-state index in [9.17, 15) is 0 Å². The third kappa shape index (κ3) is 4.11. The first-order chi connectivity index (χ1) is 7.45. The van der Waals surface area contributed by atoms with Gasteiger partial charge in [0.2, 0.25) is 0 Å². The Morgan fingerprint density at radius 2 is 1.13 bits per heavy atom. The largest absolute Gasteiger partial charge is 0.439 e. The van der Waals surface area contributed by atoms with Crippen molar-refractivity contribution in [1.29, 1.82) is 0 Å². The van der Waals surface area contributed by atoms with Crippen LogP contribution in [0, 0.1) is 0 Å². The predicted octanol–water partition coefficient (Wildman–Crippen LogP) is 0.393. The minimum atomic E-state index is 0.438. The highest BCUT2D eigenvalue weighted by Crippen LogP contribution is 2.07. The van der Waals surface area contributed by atoms with E-state index in [1.54, 1.807) is 0 Å². The van der Waals surface area contributed by atoms with E-state index in [0.29, 0.717) is 7.69 Å². The van der Waals surface area contributed by atoms with Crippen LogP contribution >= 0.6 is 0 Å². The predicted molar refractivity (Wildman–Crippen MR) is 60.7 cm³/mol. The Kier molecular flexibility index (Phi) is 4.92. The molecular formula is C10H21BN2O2. The molecule has 4 nitrogen and oxygen atoms in total. The first kappa shape index (κ1) is 11.4. The van der Waals surface area contributed by atoms with Gasteiger partial charge in [-0.2, -0.15) is 0 Å². The summed E-state index contributed by atoms with van der Waals surface area (Å²) in [5, 5.41) is 0. The van der Waals surface area contributed by atoms with Gasteiger partial charge in [-0.25, -0.2) is 0 Å². The van der Waals surface area contributed by atoms with E-state index in [1.807, 2.05) is 0 Å². The smallest absolute Gasteiger partial charge is 0.401 e. The summed E-state index contributed by atoms with van der Waals surface area (Å²) in [5.41, 5.74) is 0. The molecule has 0 spiro atoms. The highest BCUT2D eigenvalue weighted by molar-refractivity contribution is 6.17. The maximum atomic E-state index is 5.45. The Morgan fingerprint density at radius 3 is 1.53 bits per heavy atom. The summed E-state index contributed by atoms with van der Waals surface area (Å²) in [4.78, 5) is 4.67. The molecule has 2 heterocycles. The number of nitrogens with zero attached hydrogens (tertiary/aromatic N) is 2. The Balaban J connectivity index is 1.41. The van der Waals surface area contributed by atoms with Crippen LogP contribution < -0.4 is 0 Å². The van der Waals surface area contributed by atoms with Crippen LogP contribution in [-0.4, -0.2) is 57.1 Å². The second-order valence-electron chi connectivity index (χ2n) is 4.43. The molecule has 2 aliphatic rings. The van der Waals surface area contributed by atoms with Crippen LogP contribution in [-0.2, 0) is 9.31 Å². The van der Waals surface area contributed by atoms with E-state index in [4.69, 9.17) is 9.31 Å². The second kappa shape index (κ2) is 6.48. The van der Waals surface area contributed by atoms with Crippen molar-refractivity contribution in [2.75, 3.05) is 39.6 Å². The summed E-state index contributed by atoms with van der Waals surface area (Å²) in [7, 11) is 0.438. The van der Waals surface area contributed by atoms with Gasteiger partial charge in [-0.15, -0.1) is 0 Å². The van der Waals surface area contributed by atoms with Crippen LogP contribution in [0.1, 0.15) is 25.7 Å². The molecule has 2 fully saturated rings. The van der Waals surface area contributed by atoms with Crippen molar-refractivity contribution in [1.82, 2.24) is 9.80 Å². The molecule has 5 heteroatoms. The van der Waals surface area contributed by atoms with Gasteiger partial charge in [-0.3, -0.25) is 9.80 Å². The Labute approximate surface area is 92.8 Å². The molecule has 0 bridgehead atoms. The van der Waals surface area contributed by atoms with Gasteiger partial charge in [0.05, 0.1) is 13.5 Å². The highest BCUT2D eigenvalue weighted by atomic mass is 16.6. The molecule has 86 valence electrons. The summed E-state index contributed by atoms with van der Waals surface area (Å²) in [5.74, 6) is 0. The minimum absolute atomic E-state index is 0.438. The van der Waals surface area contributed by atoms with Gasteiger partial charge in [0.1, 0.15) is 0 Å². The molecule has 0 radical (unpaired) electrons. The molecule has 0 amide bonds. The van der Waals surface area contributed by atoms with E-state index in [1.165, 1.54) is 51.9 Å². The summed E-state index contributed by atoms with van der Waals surface area (Å²) in [6, 6.07) is 0. The molecule has 0 aromatic heterocycles. The number of rotatable bonds is 6. The van der Waals surface area contributed by atoms with Crippen molar-refractivity contribution in [3.8, 4) is 0 Å². The van der Waals surface area contributed by atoms with Crippen LogP contribution in [0.2, 0.25) is 0 Å². The van der Waals surface area contributed by atoms with Gasteiger partial charge in [0.25, 0.3) is 0 Å². The minimum Gasteiger partial charge on any atom is -0.401 e. The Morgan fingerprint density at radius 1 is 0.733 bits per heavy atom. The molecule has 2 rings (SSSR count). The van der Waals surface area contributed by atoms with Crippen molar-refractivity contribution < 1.29 is 9.31 Å². The van der Waals surface area contributed by atoms with Crippen LogP contribution in [0.15, 0.2) is 0 Å². The third-order valence-electron chi connectivity index (χ3n) is 3.11. The van der Waals surface area contributed by atoms with E-state index < -0.39 is 0 Å². The zero-order valence-corrected chi connectivity index (χ0v) is 9.49. The van der Waals surface area contributed by atoms with Gasteiger partial charge in [-0.05, 0) is 25.7 Å². The zero-order valence-electron chi connectivity index (χ0n) is 9.49. The van der Waals surface area contributed by atoms with Gasteiger partial charge < -0.3 is 9.31 Å². The van der Waals surface area contributed by atoms with Gasteiger partial charge in [0, 0.05) is 26.2 Å². The monoisotopic (exact) mass is 212 g/mol. The first-order valence-electron chi connectivity index (χ1n) is 6.05. The van der Waals surface area contributed by atoms with Crippen molar-refractivity contribution in [3.05, 3.63) is 0 Å². The number of hydrogen-bond acceptors (Lipinski definition) is 4. The summed E-state index contributed by atoms with van der Waals surface area (Å²) >= 11 is 0. The lowest BCUT2D eigenvalue weighted by atomic mass is 10.4. The molecule has 2 saturated heterocycles. The fourth-order valence-corrected chi connectivity index (χ4v) is 2.22. The maximum Gasteiger partial charge on any atom is 0.439 e. The molecule has 0 aliphatic carbocycles. The van der Waals surface area contributed by atoms with Crippen LogP contribution in [0.4, 0.5) is 0 Å². The van der Waals surface area contributed by atoms with Crippen LogP contribution in [0.3, 0.4) is 0 Å². The fourth-order valence-electron chi connectivity index (χ4n) is 2.22. The zero-order chi connectivity index (χ0) is 10.3. The highest BCUT2D eigenvalue weighted by Gasteiger charge is 2.12. The summed E-state index contributed by atoms with van der Waals surface area (Å²) < 4.78 is 10.9. The van der Waals surface area contributed by atoms with Gasteiger partial charge in [0.15, 0.2) is 0 Å². The normalized spacial score (nSPS) is 23.7. The average Bonchev–Trinajstić information content (AvgIpc) is 2.88. The van der Waals surface area contributed by atoms with Crippen LogP contribution in [0.25, 0.3) is 0 Å². The maximum absolute atomic E-state index is 5.45. The molecular weight excluding hydrogens is 191 g/mol. The Hall–Kier alpha value is -0.0951. The standard InChI is InChI=1S/C10H21BN2O2/c1-2-6-12(5-1)9-14-11-15-10-13-7-3-4-8-13/h11H,1-10H2. The Bertz CT molecular complexity index is 153. The van der Waals surface area contributed by atoms with E-state index in [2.05, 4.69) is 9.80 Å².